The standard InChI is InChI=1S/C19H18FN3O2/c20-17-6-2-1-4-14(17)7-9-21-18-12-15(8-10-22-18)19(24)23-13-16-5-3-11-25-16/h1-6,8,10-12H,7,9,13H2,(H,21,22)(H,23,24). The van der Waals surface area contributed by atoms with Crippen LogP contribution in [0.1, 0.15) is 21.7 Å². The molecule has 0 saturated heterocycles. The SMILES string of the molecule is O=C(NCc1ccco1)c1ccnc(NCCc2ccccc2F)c1. The van der Waals surface area contributed by atoms with E-state index in [1.165, 1.54) is 6.07 Å². The molecule has 0 aliphatic rings. The van der Waals surface area contributed by atoms with Gasteiger partial charge in [0.25, 0.3) is 5.91 Å². The first-order valence-corrected chi connectivity index (χ1v) is 7.96. The zero-order chi connectivity index (χ0) is 17.5. The largest absolute Gasteiger partial charge is 0.467 e. The van der Waals surface area contributed by atoms with Crippen LogP contribution in [-0.4, -0.2) is 17.4 Å². The summed E-state index contributed by atoms with van der Waals surface area (Å²) in [4.78, 5) is 16.4. The lowest BCUT2D eigenvalue weighted by Crippen LogP contribution is -2.22. The number of hydrogen-bond acceptors (Lipinski definition) is 4. The fourth-order valence-electron chi connectivity index (χ4n) is 2.38. The summed E-state index contributed by atoms with van der Waals surface area (Å²) in [6.07, 6.45) is 3.65. The van der Waals surface area contributed by atoms with Crippen molar-refractivity contribution < 1.29 is 13.6 Å². The molecule has 2 aromatic heterocycles. The second kappa shape index (κ2) is 8.10. The van der Waals surface area contributed by atoms with Crippen LogP contribution in [0.4, 0.5) is 10.2 Å². The zero-order valence-electron chi connectivity index (χ0n) is 13.5. The van der Waals surface area contributed by atoms with Gasteiger partial charge >= 0.3 is 0 Å². The molecule has 25 heavy (non-hydrogen) atoms. The minimum Gasteiger partial charge on any atom is -0.467 e. The maximum Gasteiger partial charge on any atom is 0.251 e. The Morgan fingerprint density at radius 2 is 2.04 bits per heavy atom. The predicted octanol–water partition coefficient (Wildman–Crippen LogP) is 3.40. The first-order chi connectivity index (χ1) is 12.2. The third-order valence-corrected chi connectivity index (χ3v) is 3.68. The van der Waals surface area contributed by atoms with Gasteiger partial charge in [0, 0.05) is 18.3 Å². The molecule has 0 aliphatic heterocycles. The fraction of sp³-hybridized carbons (Fsp3) is 0.158. The highest BCUT2D eigenvalue weighted by Crippen LogP contribution is 2.10. The highest BCUT2D eigenvalue weighted by Gasteiger charge is 2.08. The number of carbonyl (C=O) groups is 1. The molecule has 0 fully saturated rings. The van der Waals surface area contributed by atoms with Gasteiger partial charge in [0.2, 0.25) is 0 Å². The molecule has 0 radical (unpaired) electrons. The minimum absolute atomic E-state index is 0.212. The van der Waals surface area contributed by atoms with Crippen molar-refractivity contribution in [1.29, 1.82) is 0 Å². The Labute approximate surface area is 144 Å². The first kappa shape index (κ1) is 16.7. The molecule has 128 valence electrons. The molecule has 0 aliphatic carbocycles. The molecule has 6 heteroatoms. The van der Waals surface area contributed by atoms with Gasteiger partial charge in [0.1, 0.15) is 17.4 Å². The topological polar surface area (TPSA) is 67.2 Å². The van der Waals surface area contributed by atoms with Gasteiger partial charge in [0.15, 0.2) is 0 Å². The molecule has 3 aromatic rings. The smallest absolute Gasteiger partial charge is 0.251 e. The van der Waals surface area contributed by atoms with Gasteiger partial charge in [-0.2, -0.15) is 0 Å². The number of anilines is 1. The summed E-state index contributed by atoms with van der Waals surface area (Å²) in [5.74, 6) is 0.826. The number of furan rings is 1. The van der Waals surface area contributed by atoms with E-state index in [2.05, 4.69) is 15.6 Å². The number of amides is 1. The van der Waals surface area contributed by atoms with E-state index in [1.807, 2.05) is 0 Å². The number of pyridine rings is 1. The molecule has 0 saturated carbocycles. The molecular formula is C19H18FN3O2. The van der Waals surface area contributed by atoms with Gasteiger partial charge in [-0.25, -0.2) is 9.37 Å². The van der Waals surface area contributed by atoms with Crippen molar-refractivity contribution in [2.45, 2.75) is 13.0 Å². The minimum atomic E-state index is -0.219. The van der Waals surface area contributed by atoms with E-state index in [9.17, 15) is 9.18 Å². The summed E-state index contributed by atoms with van der Waals surface area (Å²) in [5.41, 5.74) is 1.14. The average molecular weight is 339 g/mol. The molecule has 0 atom stereocenters. The van der Waals surface area contributed by atoms with Gasteiger partial charge in [0.05, 0.1) is 12.8 Å². The van der Waals surface area contributed by atoms with Crippen LogP contribution in [0.2, 0.25) is 0 Å². The van der Waals surface area contributed by atoms with E-state index in [0.29, 0.717) is 42.2 Å². The maximum absolute atomic E-state index is 13.6. The molecular weight excluding hydrogens is 321 g/mol. The van der Waals surface area contributed by atoms with Gasteiger partial charge in [-0.3, -0.25) is 4.79 Å². The normalized spacial score (nSPS) is 10.4. The summed E-state index contributed by atoms with van der Waals surface area (Å²) in [6.45, 7) is 0.843. The lowest BCUT2D eigenvalue weighted by atomic mass is 10.1. The van der Waals surface area contributed by atoms with E-state index in [1.54, 1.807) is 54.9 Å². The molecule has 0 bridgehead atoms. The number of aromatic nitrogens is 1. The van der Waals surface area contributed by atoms with E-state index in [0.717, 1.165) is 0 Å². The number of nitrogens with one attached hydrogen (secondary N) is 2. The molecule has 5 nitrogen and oxygen atoms in total. The van der Waals surface area contributed by atoms with Crippen molar-refractivity contribution in [3.63, 3.8) is 0 Å². The van der Waals surface area contributed by atoms with E-state index in [-0.39, 0.29) is 11.7 Å². The first-order valence-electron chi connectivity index (χ1n) is 7.96. The van der Waals surface area contributed by atoms with Crippen LogP contribution in [0.15, 0.2) is 65.4 Å². The van der Waals surface area contributed by atoms with Crippen molar-refractivity contribution in [2.75, 3.05) is 11.9 Å². The Balaban J connectivity index is 1.54. The summed E-state index contributed by atoms with van der Waals surface area (Å²) >= 11 is 0. The van der Waals surface area contributed by atoms with Crippen molar-refractivity contribution in [1.82, 2.24) is 10.3 Å². The Hall–Kier alpha value is -3.15. The van der Waals surface area contributed by atoms with Gasteiger partial charge < -0.3 is 15.1 Å². The Morgan fingerprint density at radius 3 is 2.84 bits per heavy atom. The Kier molecular flexibility index (Phi) is 5.41. The maximum atomic E-state index is 13.6. The van der Waals surface area contributed by atoms with Crippen LogP contribution in [0, 0.1) is 5.82 Å². The van der Waals surface area contributed by atoms with E-state index >= 15 is 0 Å². The van der Waals surface area contributed by atoms with Crippen molar-refractivity contribution in [3.05, 3.63) is 83.7 Å². The summed E-state index contributed by atoms with van der Waals surface area (Å²) in [5, 5.41) is 5.89. The second-order valence-electron chi connectivity index (χ2n) is 5.46. The molecule has 3 rings (SSSR count). The zero-order valence-corrected chi connectivity index (χ0v) is 13.5. The third-order valence-electron chi connectivity index (χ3n) is 3.68. The lowest BCUT2D eigenvalue weighted by molar-refractivity contribution is 0.0948. The van der Waals surface area contributed by atoms with Crippen LogP contribution in [-0.2, 0) is 13.0 Å². The Bertz CT molecular complexity index is 834. The molecule has 2 N–H and O–H groups in total. The van der Waals surface area contributed by atoms with Crippen LogP contribution < -0.4 is 10.6 Å². The van der Waals surface area contributed by atoms with Gasteiger partial charge in [-0.05, 0) is 42.3 Å². The van der Waals surface area contributed by atoms with Crippen LogP contribution in [0.25, 0.3) is 0 Å². The quantitative estimate of drug-likeness (QED) is 0.692. The van der Waals surface area contributed by atoms with Crippen molar-refractivity contribution in [3.8, 4) is 0 Å². The summed E-state index contributed by atoms with van der Waals surface area (Å²) in [6, 6.07) is 13.5. The van der Waals surface area contributed by atoms with Crippen molar-refractivity contribution in [2.24, 2.45) is 0 Å². The number of rotatable bonds is 7. The molecule has 1 aromatic carbocycles. The molecule has 2 heterocycles. The van der Waals surface area contributed by atoms with Gasteiger partial charge in [-0.15, -0.1) is 0 Å². The molecule has 1 amide bonds. The fourth-order valence-corrected chi connectivity index (χ4v) is 2.38. The number of nitrogens with zero attached hydrogens (tertiary/aromatic N) is 1. The van der Waals surface area contributed by atoms with Crippen LogP contribution in [0.5, 0.6) is 0 Å². The van der Waals surface area contributed by atoms with Crippen LogP contribution >= 0.6 is 0 Å². The third kappa shape index (κ3) is 4.67. The number of hydrogen-bond donors (Lipinski definition) is 2. The second-order valence-corrected chi connectivity index (χ2v) is 5.46. The average Bonchev–Trinajstić information content (AvgIpc) is 3.15. The number of benzene rings is 1. The Morgan fingerprint density at radius 1 is 1.16 bits per heavy atom. The lowest BCUT2D eigenvalue weighted by Gasteiger charge is -2.08. The number of carbonyl (C=O) groups excluding carboxylic acids is 1. The van der Waals surface area contributed by atoms with E-state index < -0.39 is 0 Å². The predicted molar refractivity (Wildman–Crippen MR) is 92.7 cm³/mol. The van der Waals surface area contributed by atoms with Crippen LogP contribution in [0.3, 0.4) is 0 Å². The van der Waals surface area contributed by atoms with E-state index in [4.69, 9.17) is 4.42 Å². The summed E-state index contributed by atoms with van der Waals surface area (Å²) < 4.78 is 18.8. The highest BCUT2D eigenvalue weighted by molar-refractivity contribution is 5.94. The molecule has 0 unspecified atom stereocenters. The number of halogens is 1. The monoisotopic (exact) mass is 339 g/mol. The summed E-state index contributed by atoms with van der Waals surface area (Å²) in [7, 11) is 0. The molecule has 0 spiro atoms. The highest BCUT2D eigenvalue weighted by atomic mass is 19.1. The van der Waals surface area contributed by atoms with Crippen molar-refractivity contribution >= 4 is 11.7 Å². The van der Waals surface area contributed by atoms with Gasteiger partial charge in [-0.1, -0.05) is 18.2 Å².